The molecule has 234 valence electrons. The first kappa shape index (κ1) is 28.4. The number of fused-ring (bicyclic) bond motifs is 8. The van der Waals surface area contributed by atoms with Crippen LogP contribution in [0.4, 0.5) is 17.1 Å². The Bertz CT molecular complexity index is 2850. The molecule has 1 aromatic heterocycles. The van der Waals surface area contributed by atoms with Crippen molar-refractivity contribution >= 4 is 71.3 Å². The van der Waals surface area contributed by atoms with Crippen LogP contribution in [0.5, 0.6) is 0 Å². The van der Waals surface area contributed by atoms with E-state index in [1.807, 2.05) is 12.1 Å². The molecule has 0 aliphatic carbocycles. The van der Waals surface area contributed by atoms with E-state index >= 15 is 0 Å². The molecule has 0 bridgehead atoms. The Kier molecular flexibility index (Phi) is 6.53. The summed E-state index contributed by atoms with van der Waals surface area (Å²) in [6.07, 6.45) is 0. The van der Waals surface area contributed by atoms with E-state index in [4.69, 9.17) is 4.42 Å². The van der Waals surface area contributed by atoms with Crippen molar-refractivity contribution < 1.29 is 4.42 Å². The number of nitrogens with zero attached hydrogens (tertiary/aromatic N) is 1. The van der Waals surface area contributed by atoms with Crippen molar-refractivity contribution in [2.45, 2.75) is 0 Å². The topological polar surface area (TPSA) is 16.4 Å². The van der Waals surface area contributed by atoms with Crippen LogP contribution in [0.2, 0.25) is 0 Å². The van der Waals surface area contributed by atoms with Gasteiger partial charge in [-0.1, -0.05) is 140 Å². The summed E-state index contributed by atoms with van der Waals surface area (Å²) in [4.78, 5) is 2.31. The van der Waals surface area contributed by atoms with Crippen LogP contribution in [0.3, 0.4) is 0 Å². The van der Waals surface area contributed by atoms with E-state index in [1.165, 1.54) is 43.4 Å². The van der Waals surface area contributed by atoms with Gasteiger partial charge < -0.3 is 9.32 Å². The van der Waals surface area contributed by atoms with Gasteiger partial charge in [0.05, 0.1) is 0 Å². The molecule has 9 aromatic carbocycles. The van der Waals surface area contributed by atoms with Gasteiger partial charge in [-0.15, -0.1) is 0 Å². The molecule has 10 rings (SSSR count). The van der Waals surface area contributed by atoms with E-state index in [0.29, 0.717) is 0 Å². The minimum Gasteiger partial charge on any atom is -0.455 e. The number of hydrogen-bond acceptors (Lipinski definition) is 2. The fourth-order valence-electron chi connectivity index (χ4n) is 7.61. The van der Waals surface area contributed by atoms with Gasteiger partial charge in [0, 0.05) is 33.4 Å². The molecule has 50 heavy (non-hydrogen) atoms. The first-order valence-corrected chi connectivity index (χ1v) is 17.1. The van der Waals surface area contributed by atoms with Gasteiger partial charge in [0.15, 0.2) is 0 Å². The van der Waals surface area contributed by atoms with Gasteiger partial charge >= 0.3 is 0 Å². The van der Waals surface area contributed by atoms with E-state index in [1.54, 1.807) is 0 Å². The molecule has 0 saturated carbocycles. The summed E-state index contributed by atoms with van der Waals surface area (Å²) in [6, 6.07) is 67.4. The summed E-state index contributed by atoms with van der Waals surface area (Å²) < 4.78 is 6.35. The second-order valence-corrected chi connectivity index (χ2v) is 12.9. The number of rotatable bonds is 5. The molecule has 0 fully saturated rings. The average molecular weight is 638 g/mol. The number of hydrogen-bond donors (Lipinski definition) is 0. The highest BCUT2D eigenvalue weighted by Gasteiger charge is 2.16. The van der Waals surface area contributed by atoms with E-state index in [9.17, 15) is 0 Å². The van der Waals surface area contributed by atoms with E-state index in [0.717, 1.165) is 50.1 Å². The van der Waals surface area contributed by atoms with Crippen molar-refractivity contribution in [3.05, 3.63) is 188 Å². The number of para-hydroxylation sites is 3. The number of benzene rings is 9. The van der Waals surface area contributed by atoms with Gasteiger partial charge in [-0.2, -0.15) is 0 Å². The summed E-state index contributed by atoms with van der Waals surface area (Å²) in [7, 11) is 0. The van der Waals surface area contributed by atoms with Crippen molar-refractivity contribution in [1.29, 1.82) is 0 Å². The monoisotopic (exact) mass is 637 g/mol. The highest BCUT2D eigenvalue weighted by Crippen LogP contribution is 2.40. The first-order chi connectivity index (χ1) is 24.8. The standard InChI is InChI=1S/C48H31NO/c1-2-10-38(11-3-1)49(40-28-23-34(24-29-40)43-14-8-15-45-44-13-6-7-16-46(44)50-48(43)45)39-26-21-32(22-27-39)36-25-30-42-37(31-36)20-19-35-18-17-33-9-4-5-12-41(33)47(35)42/h1-31H. The van der Waals surface area contributed by atoms with Crippen LogP contribution < -0.4 is 4.90 Å². The lowest BCUT2D eigenvalue weighted by molar-refractivity contribution is 0.670. The molecule has 0 radical (unpaired) electrons. The van der Waals surface area contributed by atoms with Gasteiger partial charge in [0.1, 0.15) is 11.2 Å². The lowest BCUT2D eigenvalue weighted by Gasteiger charge is -2.26. The van der Waals surface area contributed by atoms with E-state index in [2.05, 4.69) is 181 Å². The molecule has 2 nitrogen and oxygen atoms in total. The van der Waals surface area contributed by atoms with Crippen LogP contribution in [0.15, 0.2) is 192 Å². The normalized spacial score (nSPS) is 11.6. The zero-order valence-corrected chi connectivity index (χ0v) is 27.3. The third-order valence-corrected chi connectivity index (χ3v) is 10.0. The van der Waals surface area contributed by atoms with Crippen LogP contribution in [0.1, 0.15) is 0 Å². The first-order valence-electron chi connectivity index (χ1n) is 17.1. The summed E-state index contributed by atoms with van der Waals surface area (Å²) in [5.41, 5.74) is 9.76. The van der Waals surface area contributed by atoms with E-state index in [-0.39, 0.29) is 0 Å². The van der Waals surface area contributed by atoms with Crippen molar-refractivity contribution in [2.75, 3.05) is 4.90 Å². The Morgan fingerprint density at radius 2 is 0.920 bits per heavy atom. The minimum atomic E-state index is 0.913. The number of anilines is 3. The summed E-state index contributed by atoms with van der Waals surface area (Å²) in [6.45, 7) is 0. The molecule has 0 amide bonds. The molecular weight excluding hydrogens is 607 g/mol. The second kappa shape index (κ2) is 11.5. The van der Waals surface area contributed by atoms with Gasteiger partial charge in [-0.25, -0.2) is 0 Å². The van der Waals surface area contributed by atoms with E-state index < -0.39 is 0 Å². The Balaban J connectivity index is 1.01. The van der Waals surface area contributed by atoms with Crippen molar-refractivity contribution in [2.24, 2.45) is 0 Å². The minimum absolute atomic E-state index is 0.913. The smallest absolute Gasteiger partial charge is 0.143 e. The zero-order chi connectivity index (χ0) is 33.0. The Hall–Kier alpha value is -6.64. The predicted octanol–water partition coefficient (Wildman–Crippen LogP) is 13.8. The Labute approximate surface area is 290 Å². The van der Waals surface area contributed by atoms with Gasteiger partial charge in [0.2, 0.25) is 0 Å². The van der Waals surface area contributed by atoms with Crippen molar-refractivity contribution in [3.8, 4) is 22.3 Å². The Morgan fingerprint density at radius 1 is 0.340 bits per heavy atom. The van der Waals surface area contributed by atoms with Gasteiger partial charge in [-0.05, 0) is 97.5 Å². The maximum absolute atomic E-state index is 6.35. The molecule has 2 heteroatoms. The molecule has 0 atom stereocenters. The van der Waals surface area contributed by atoms with Gasteiger partial charge in [-0.3, -0.25) is 0 Å². The largest absolute Gasteiger partial charge is 0.455 e. The second-order valence-electron chi connectivity index (χ2n) is 12.9. The molecule has 0 aliphatic heterocycles. The molecule has 0 saturated heterocycles. The lowest BCUT2D eigenvalue weighted by Crippen LogP contribution is -2.09. The Morgan fingerprint density at radius 3 is 1.72 bits per heavy atom. The van der Waals surface area contributed by atoms with Crippen LogP contribution in [-0.2, 0) is 0 Å². The molecule has 0 unspecified atom stereocenters. The summed E-state index contributed by atoms with van der Waals surface area (Å²) in [5.74, 6) is 0. The molecule has 1 heterocycles. The van der Waals surface area contributed by atoms with Crippen molar-refractivity contribution in [1.82, 2.24) is 0 Å². The third-order valence-electron chi connectivity index (χ3n) is 10.0. The highest BCUT2D eigenvalue weighted by atomic mass is 16.3. The maximum Gasteiger partial charge on any atom is 0.143 e. The molecule has 0 N–H and O–H groups in total. The van der Waals surface area contributed by atoms with Crippen LogP contribution in [0.25, 0.3) is 76.5 Å². The lowest BCUT2D eigenvalue weighted by atomic mass is 9.94. The molecule has 0 spiro atoms. The molecule has 10 aromatic rings. The van der Waals surface area contributed by atoms with Crippen LogP contribution in [0, 0.1) is 0 Å². The fourth-order valence-corrected chi connectivity index (χ4v) is 7.61. The average Bonchev–Trinajstić information content (AvgIpc) is 3.58. The van der Waals surface area contributed by atoms with Crippen molar-refractivity contribution in [3.63, 3.8) is 0 Å². The number of furan rings is 1. The van der Waals surface area contributed by atoms with Crippen LogP contribution >= 0.6 is 0 Å². The molecular formula is C48H31NO. The fraction of sp³-hybridized carbons (Fsp3) is 0. The maximum atomic E-state index is 6.35. The third kappa shape index (κ3) is 4.65. The van der Waals surface area contributed by atoms with Gasteiger partial charge in [0.25, 0.3) is 0 Å². The SMILES string of the molecule is c1ccc(N(c2ccc(-c3ccc4c(ccc5ccc6ccccc6c54)c3)cc2)c2ccc(-c3cccc4c3oc3ccccc34)cc2)cc1. The predicted molar refractivity (Wildman–Crippen MR) is 212 cm³/mol. The summed E-state index contributed by atoms with van der Waals surface area (Å²) in [5, 5.41) is 9.98. The molecule has 0 aliphatic rings. The highest BCUT2D eigenvalue weighted by molar-refractivity contribution is 6.20. The quantitative estimate of drug-likeness (QED) is 0.175. The summed E-state index contributed by atoms with van der Waals surface area (Å²) >= 11 is 0. The van der Waals surface area contributed by atoms with Crippen LogP contribution in [-0.4, -0.2) is 0 Å². The zero-order valence-electron chi connectivity index (χ0n) is 27.3.